The molecular formula is C16H25ClN2O3. The summed E-state index contributed by atoms with van der Waals surface area (Å²) in [5, 5.41) is 0. The Morgan fingerprint density at radius 3 is 2.27 bits per heavy atom. The predicted octanol–water partition coefficient (Wildman–Crippen LogP) is 2.14. The number of carbonyl (C=O) groups is 1. The van der Waals surface area contributed by atoms with E-state index in [1.807, 2.05) is 30.9 Å². The third kappa shape index (κ3) is 4.05. The third-order valence-electron chi connectivity index (χ3n) is 3.58. The fourth-order valence-electron chi connectivity index (χ4n) is 2.58. The first kappa shape index (κ1) is 18.6. The van der Waals surface area contributed by atoms with Gasteiger partial charge in [0, 0.05) is 13.1 Å². The van der Waals surface area contributed by atoms with Gasteiger partial charge >= 0.3 is 0 Å². The Morgan fingerprint density at radius 2 is 1.77 bits per heavy atom. The summed E-state index contributed by atoms with van der Waals surface area (Å²) < 4.78 is 11.3. The average molecular weight is 329 g/mol. The summed E-state index contributed by atoms with van der Waals surface area (Å²) in [6.07, 6.45) is 0.820. The first-order chi connectivity index (χ1) is 10.1. The van der Waals surface area contributed by atoms with E-state index in [0.29, 0.717) is 26.3 Å². The Morgan fingerprint density at radius 1 is 1.23 bits per heavy atom. The molecule has 1 heterocycles. The zero-order chi connectivity index (χ0) is 15.4. The van der Waals surface area contributed by atoms with Crippen LogP contribution in [0.15, 0.2) is 12.1 Å². The van der Waals surface area contributed by atoms with Gasteiger partial charge in [0.2, 0.25) is 5.91 Å². The number of nitrogens with zero attached hydrogens (tertiary/aromatic N) is 1. The monoisotopic (exact) mass is 328 g/mol. The Bertz CT molecular complexity index is 520. The summed E-state index contributed by atoms with van der Waals surface area (Å²) in [5.74, 6) is 1.52. The van der Waals surface area contributed by atoms with E-state index in [4.69, 9.17) is 15.2 Å². The van der Waals surface area contributed by atoms with Crippen molar-refractivity contribution in [1.82, 2.24) is 4.90 Å². The van der Waals surface area contributed by atoms with E-state index in [1.165, 1.54) is 5.56 Å². The molecule has 1 aliphatic rings. The largest absolute Gasteiger partial charge is 0.490 e. The van der Waals surface area contributed by atoms with Gasteiger partial charge in [0.25, 0.3) is 0 Å². The van der Waals surface area contributed by atoms with E-state index in [9.17, 15) is 4.79 Å². The molecule has 1 amide bonds. The molecule has 0 fully saturated rings. The summed E-state index contributed by atoms with van der Waals surface area (Å²) in [7, 11) is 0. The maximum absolute atomic E-state index is 12.0. The zero-order valence-corrected chi connectivity index (χ0v) is 14.2. The molecule has 0 aromatic heterocycles. The molecule has 0 saturated heterocycles. The zero-order valence-electron chi connectivity index (χ0n) is 13.4. The summed E-state index contributed by atoms with van der Waals surface area (Å²) in [4.78, 5) is 13.8. The molecule has 0 bridgehead atoms. The second-order valence-electron chi connectivity index (χ2n) is 5.23. The van der Waals surface area contributed by atoms with Crippen LogP contribution in [0.2, 0.25) is 0 Å². The molecule has 22 heavy (non-hydrogen) atoms. The predicted molar refractivity (Wildman–Crippen MR) is 88.8 cm³/mol. The maximum atomic E-state index is 12.0. The molecule has 0 aliphatic carbocycles. The highest BCUT2D eigenvalue weighted by Crippen LogP contribution is 2.33. The smallest absolute Gasteiger partial charge is 0.239 e. The van der Waals surface area contributed by atoms with Crippen molar-refractivity contribution in [2.45, 2.75) is 39.8 Å². The summed E-state index contributed by atoms with van der Waals surface area (Å²) in [6, 6.07) is 3.57. The number of ether oxygens (including phenoxy) is 2. The molecule has 124 valence electrons. The van der Waals surface area contributed by atoms with Crippen molar-refractivity contribution in [2.24, 2.45) is 5.73 Å². The van der Waals surface area contributed by atoms with Crippen LogP contribution < -0.4 is 15.2 Å². The highest BCUT2D eigenvalue weighted by atomic mass is 35.5. The first-order valence-corrected chi connectivity index (χ1v) is 7.52. The van der Waals surface area contributed by atoms with Gasteiger partial charge < -0.3 is 20.1 Å². The Kier molecular flexibility index (Phi) is 6.97. The number of hydrogen-bond acceptors (Lipinski definition) is 4. The van der Waals surface area contributed by atoms with Crippen molar-refractivity contribution in [2.75, 3.05) is 19.8 Å². The number of carbonyl (C=O) groups excluding carboxylic acids is 1. The summed E-state index contributed by atoms with van der Waals surface area (Å²) >= 11 is 0. The van der Waals surface area contributed by atoms with Gasteiger partial charge in [-0.25, -0.2) is 0 Å². The first-order valence-electron chi connectivity index (χ1n) is 7.52. The van der Waals surface area contributed by atoms with Crippen LogP contribution in [0.25, 0.3) is 0 Å². The normalized spacial score (nSPS) is 14.6. The van der Waals surface area contributed by atoms with Crippen molar-refractivity contribution in [3.63, 3.8) is 0 Å². The van der Waals surface area contributed by atoms with Crippen LogP contribution in [-0.2, 0) is 17.8 Å². The molecule has 1 aliphatic heterocycles. The molecule has 2 N–H and O–H groups in total. The minimum Gasteiger partial charge on any atom is -0.490 e. The maximum Gasteiger partial charge on any atom is 0.239 e. The lowest BCUT2D eigenvalue weighted by molar-refractivity contribution is -0.133. The van der Waals surface area contributed by atoms with Crippen LogP contribution in [-0.4, -0.2) is 36.6 Å². The van der Waals surface area contributed by atoms with E-state index >= 15 is 0 Å². The lowest BCUT2D eigenvalue weighted by atomic mass is 9.98. The lowest BCUT2D eigenvalue weighted by Crippen LogP contribution is -2.44. The van der Waals surface area contributed by atoms with Gasteiger partial charge in [-0.05, 0) is 50.5 Å². The quantitative estimate of drug-likeness (QED) is 0.899. The Balaban J connectivity index is 0.00000242. The van der Waals surface area contributed by atoms with Gasteiger partial charge in [0.05, 0.1) is 19.3 Å². The molecular weight excluding hydrogens is 304 g/mol. The van der Waals surface area contributed by atoms with Crippen LogP contribution in [0, 0.1) is 0 Å². The highest BCUT2D eigenvalue weighted by Gasteiger charge is 2.24. The number of fused-ring (bicyclic) bond motifs is 1. The van der Waals surface area contributed by atoms with Crippen molar-refractivity contribution < 1.29 is 14.3 Å². The standard InChI is InChI=1S/C16H24N2O3.ClH/c1-4-20-14-8-12-6-7-18(16(19)11(3)17)10-13(12)9-15(14)21-5-2;/h8-9,11H,4-7,10,17H2,1-3H3;1H/t11-;/m0./s1. The molecule has 0 spiro atoms. The van der Waals surface area contributed by atoms with Crippen LogP contribution in [0.5, 0.6) is 11.5 Å². The molecule has 0 saturated carbocycles. The number of hydrogen-bond donors (Lipinski definition) is 1. The van der Waals surface area contributed by atoms with E-state index in [-0.39, 0.29) is 18.3 Å². The molecule has 5 nitrogen and oxygen atoms in total. The van der Waals surface area contributed by atoms with Gasteiger partial charge in [-0.1, -0.05) is 0 Å². The summed E-state index contributed by atoms with van der Waals surface area (Å²) in [5.41, 5.74) is 8.02. The Hall–Kier alpha value is -1.46. The number of rotatable bonds is 5. The van der Waals surface area contributed by atoms with Crippen LogP contribution in [0.1, 0.15) is 31.9 Å². The molecule has 1 atom stereocenters. The number of halogens is 1. The molecule has 0 unspecified atom stereocenters. The molecule has 1 aromatic carbocycles. The van der Waals surface area contributed by atoms with Gasteiger partial charge in [0.15, 0.2) is 11.5 Å². The minimum absolute atomic E-state index is 0. The molecule has 6 heteroatoms. The third-order valence-corrected chi connectivity index (χ3v) is 3.58. The fourth-order valence-corrected chi connectivity index (χ4v) is 2.58. The van der Waals surface area contributed by atoms with Gasteiger partial charge in [-0.3, -0.25) is 4.79 Å². The van der Waals surface area contributed by atoms with Crippen molar-refractivity contribution >= 4 is 18.3 Å². The molecule has 0 radical (unpaired) electrons. The second-order valence-corrected chi connectivity index (χ2v) is 5.23. The van der Waals surface area contributed by atoms with Crippen LogP contribution >= 0.6 is 12.4 Å². The second kappa shape index (κ2) is 8.25. The van der Waals surface area contributed by atoms with E-state index in [1.54, 1.807) is 6.92 Å². The topological polar surface area (TPSA) is 64.8 Å². The fraction of sp³-hybridized carbons (Fsp3) is 0.562. The Labute approximate surface area is 138 Å². The number of amides is 1. The SMILES string of the molecule is CCOc1cc2c(cc1OCC)CN(C(=O)[C@H](C)N)CC2.Cl. The average Bonchev–Trinajstić information content (AvgIpc) is 2.47. The van der Waals surface area contributed by atoms with E-state index in [2.05, 4.69) is 0 Å². The van der Waals surface area contributed by atoms with Crippen molar-refractivity contribution in [3.8, 4) is 11.5 Å². The van der Waals surface area contributed by atoms with Crippen molar-refractivity contribution in [3.05, 3.63) is 23.3 Å². The van der Waals surface area contributed by atoms with E-state index in [0.717, 1.165) is 23.5 Å². The van der Waals surface area contributed by atoms with E-state index < -0.39 is 6.04 Å². The van der Waals surface area contributed by atoms with Crippen LogP contribution in [0.3, 0.4) is 0 Å². The number of benzene rings is 1. The summed E-state index contributed by atoms with van der Waals surface area (Å²) in [6.45, 7) is 8.10. The number of nitrogens with two attached hydrogens (primary N) is 1. The van der Waals surface area contributed by atoms with Gasteiger partial charge in [0.1, 0.15) is 0 Å². The van der Waals surface area contributed by atoms with Gasteiger partial charge in [-0.2, -0.15) is 0 Å². The minimum atomic E-state index is -0.458. The molecule has 2 rings (SSSR count). The van der Waals surface area contributed by atoms with Crippen LogP contribution in [0.4, 0.5) is 0 Å². The van der Waals surface area contributed by atoms with Crippen molar-refractivity contribution in [1.29, 1.82) is 0 Å². The highest BCUT2D eigenvalue weighted by molar-refractivity contribution is 5.85. The molecule has 1 aromatic rings. The van der Waals surface area contributed by atoms with Gasteiger partial charge in [-0.15, -0.1) is 12.4 Å². The lowest BCUT2D eigenvalue weighted by Gasteiger charge is -2.30.